The standard InChI is InChI=1S/C13H19ClN6/c1-19(2)7-9-3-5-20(6-4-9)12-10-11(16-8-15-10)17-13(14)18-12/h8-9H,3-7H2,1-2H3,(H,15,16,17,18). The number of hydrogen-bond acceptors (Lipinski definition) is 5. The Balaban J connectivity index is 1.78. The summed E-state index contributed by atoms with van der Waals surface area (Å²) in [6.07, 6.45) is 3.99. The topological polar surface area (TPSA) is 60.9 Å². The molecule has 6 nitrogen and oxygen atoms in total. The van der Waals surface area contributed by atoms with Gasteiger partial charge in [0.15, 0.2) is 11.5 Å². The SMILES string of the molecule is CN(C)CC1CCN(c2nc(Cl)nc3nc[nH]c23)CC1. The highest BCUT2D eigenvalue weighted by molar-refractivity contribution is 6.28. The van der Waals surface area contributed by atoms with E-state index in [1.165, 1.54) is 12.8 Å². The number of anilines is 1. The number of rotatable bonds is 3. The highest BCUT2D eigenvalue weighted by Crippen LogP contribution is 2.27. The predicted octanol–water partition coefficient (Wildman–Crippen LogP) is 1.78. The third kappa shape index (κ3) is 2.71. The van der Waals surface area contributed by atoms with E-state index in [1.807, 2.05) is 0 Å². The Morgan fingerprint density at radius 1 is 1.35 bits per heavy atom. The maximum atomic E-state index is 5.99. The van der Waals surface area contributed by atoms with Crippen LogP contribution < -0.4 is 4.90 Å². The molecule has 0 unspecified atom stereocenters. The first-order valence-corrected chi connectivity index (χ1v) is 7.27. The first kappa shape index (κ1) is 13.6. The normalized spacial score (nSPS) is 17.3. The van der Waals surface area contributed by atoms with Gasteiger partial charge in [0.2, 0.25) is 5.28 Å². The quantitative estimate of drug-likeness (QED) is 0.875. The van der Waals surface area contributed by atoms with Crippen molar-refractivity contribution in [3.63, 3.8) is 0 Å². The Morgan fingerprint density at radius 2 is 2.10 bits per heavy atom. The zero-order valence-electron chi connectivity index (χ0n) is 11.8. The Bertz CT molecular complexity index is 588. The van der Waals surface area contributed by atoms with Crippen LogP contribution in [0.15, 0.2) is 6.33 Å². The van der Waals surface area contributed by atoms with Crippen molar-refractivity contribution >= 4 is 28.6 Å². The van der Waals surface area contributed by atoms with E-state index >= 15 is 0 Å². The minimum absolute atomic E-state index is 0.259. The summed E-state index contributed by atoms with van der Waals surface area (Å²) < 4.78 is 0. The molecule has 1 aliphatic heterocycles. The van der Waals surface area contributed by atoms with Crippen LogP contribution in [0.4, 0.5) is 5.82 Å². The van der Waals surface area contributed by atoms with Gasteiger partial charge in [-0.25, -0.2) is 4.98 Å². The molecule has 1 aliphatic rings. The second kappa shape index (κ2) is 5.54. The van der Waals surface area contributed by atoms with Gasteiger partial charge in [0.25, 0.3) is 0 Å². The molecule has 0 bridgehead atoms. The number of aromatic amines is 1. The average molecular weight is 295 g/mol. The van der Waals surface area contributed by atoms with E-state index < -0.39 is 0 Å². The van der Waals surface area contributed by atoms with Crippen LogP contribution >= 0.6 is 11.6 Å². The van der Waals surface area contributed by atoms with Gasteiger partial charge in [-0.3, -0.25) is 0 Å². The first-order chi connectivity index (χ1) is 9.63. The van der Waals surface area contributed by atoms with Crippen molar-refractivity contribution < 1.29 is 0 Å². The van der Waals surface area contributed by atoms with Crippen molar-refractivity contribution in [2.75, 3.05) is 38.6 Å². The van der Waals surface area contributed by atoms with Gasteiger partial charge >= 0.3 is 0 Å². The van der Waals surface area contributed by atoms with E-state index in [0.717, 1.165) is 36.9 Å². The van der Waals surface area contributed by atoms with Crippen molar-refractivity contribution in [3.05, 3.63) is 11.6 Å². The molecule has 1 fully saturated rings. The van der Waals surface area contributed by atoms with Crippen LogP contribution in [0, 0.1) is 5.92 Å². The zero-order chi connectivity index (χ0) is 14.1. The van der Waals surface area contributed by atoms with Gasteiger partial charge < -0.3 is 14.8 Å². The fourth-order valence-electron chi connectivity index (χ4n) is 2.86. The molecule has 0 amide bonds. The number of imidazole rings is 1. The number of H-pyrrole nitrogens is 1. The van der Waals surface area contributed by atoms with Gasteiger partial charge in [-0.15, -0.1) is 0 Å². The number of hydrogen-bond donors (Lipinski definition) is 1. The number of nitrogens with zero attached hydrogens (tertiary/aromatic N) is 5. The molecule has 2 aromatic heterocycles. The number of piperidine rings is 1. The van der Waals surface area contributed by atoms with Crippen molar-refractivity contribution in [3.8, 4) is 0 Å². The third-order valence-corrected chi connectivity index (χ3v) is 3.95. The van der Waals surface area contributed by atoms with Crippen molar-refractivity contribution in [2.24, 2.45) is 5.92 Å². The summed E-state index contributed by atoms with van der Waals surface area (Å²) in [6, 6.07) is 0. The van der Waals surface area contributed by atoms with Gasteiger partial charge in [0.05, 0.1) is 6.33 Å². The average Bonchev–Trinajstić information content (AvgIpc) is 2.86. The van der Waals surface area contributed by atoms with E-state index in [1.54, 1.807) is 6.33 Å². The smallest absolute Gasteiger partial charge is 0.226 e. The van der Waals surface area contributed by atoms with Gasteiger partial charge in [-0.05, 0) is 44.5 Å². The summed E-state index contributed by atoms with van der Waals surface area (Å²) in [4.78, 5) is 20.3. The number of halogens is 1. The molecule has 0 saturated carbocycles. The third-order valence-electron chi connectivity index (χ3n) is 3.78. The maximum absolute atomic E-state index is 5.99. The van der Waals surface area contributed by atoms with Gasteiger partial charge in [0, 0.05) is 19.6 Å². The number of fused-ring (bicyclic) bond motifs is 1. The largest absolute Gasteiger partial charge is 0.355 e. The summed E-state index contributed by atoms with van der Waals surface area (Å²) in [7, 11) is 4.26. The van der Waals surface area contributed by atoms with E-state index in [4.69, 9.17) is 11.6 Å². The molecule has 108 valence electrons. The van der Waals surface area contributed by atoms with Crippen LogP contribution in [0.1, 0.15) is 12.8 Å². The van der Waals surface area contributed by atoms with Gasteiger partial charge in [-0.2, -0.15) is 9.97 Å². The van der Waals surface area contributed by atoms with Crippen LogP contribution in [0.2, 0.25) is 5.28 Å². The lowest BCUT2D eigenvalue weighted by Gasteiger charge is -2.34. The van der Waals surface area contributed by atoms with Crippen molar-refractivity contribution in [2.45, 2.75) is 12.8 Å². The summed E-state index contributed by atoms with van der Waals surface area (Å²) >= 11 is 5.99. The number of nitrogens with one attached hydrogen (secondary N) is 1. The van der Waals surface area contributed by atoms with Crippen molar-refractivity contribution in [1.29, 1.82) is 0 Å². The fourth-order valence-corrected chi connectivity index (χ4v) is 3.02. The first-order valence-electron chi connectivity index (χ1n) is 6.90. The lowest BCUT2D eigenvalue weighted by molar-refractivity contribution is 0.284. The highest BCUT2D eigenvalue weighted by Gasteiger charge is 2.23. The molecule has 2 aromatic rings. The number of aromatic nitrogens is 4. The van der Waals surface area contributed by atoms with Gasteiger partial charge in [-0.1, -0.05) is 0 Å². The fraction of sp³-hybridized carbons (Fsp3) is 0.615. The Hall–Kier alpha value is -1.40. The monoisotopic (exact) mass is 294 g/mol. The molecule has 1 saturated heterocycles. The minimum atomic E-state index is 0.259. The predicted molar refractivity (Wildman–Crippen MR) is 80.2 cm³/mol. The molecule has 0 aromatic carbocycles. The van der Waals surface area contributed by atoms with Crippen LogP contribution in [0.3, 0.4) is 0 Å². The highest BCUT2D eigenvalue weighted by atomic mass is 35.5. The molecule has 3 heterocycles. The zero-order valence-corrected chi connectivity index (χ0v) is 12.6. The van der Waals surface area contributed by atoms with E-state index in [0.29, 0.717) is 5.65 Å². The molecule has 3 rings (SSSR count). The molecule has 0 spiro atoms. The summed E-state index contributed by atoms with van der Waals surface area (Å²) in [6.45, 7) is 3.15. The van der Waals surface area contributed by atoms with Crippen LogP contribution in [-0.2, 0) is 0 Å². The van der Waals surface area contributed by atoms with Crippen LogP contribution in [-0.4, -0.2) is 58.6 Å². The Kier molecular flexibility index (Phi) is 3.76. The second-order valence-corrected chi connectivity index (χ2v) is 5.95. The summed E-state index contributed by atoms with van der Waals surface area (Å²) in [5, 5.41) is 0.259. The molecule has 7 heteroatoms. The lowest BCUT2D eigenvalue weighted by Crippen LogP contribution is -2.37. The Morgan fingerprint density at radius 3 is 2.80 bits per heavy atom. The Labute approximate surface area is 123 Å². The summed E-state index contributed by atoms with van der Waals surface area (Å²) in [5.41, 5.74) is 1.51. The van der Waals surface area contributed by atoms with E-state index in [-0.39, 0.29) is 5.28 Å². The molecule has 20 heavy (non-hydrogen) atoms. The summed E-state index contributed by atoms with van der Waals surface area (Å²) in [5.74, 6) is 1.64. The van der Waals surface area contributed by atoms with E-state index in [9.17, 15) is 0 Å². The molecular weight excluding hydrogens is 276 g/mol. The minimum Gasteiger partial charge on any atom is -0.355 e. The van der Waals surface area contributed by atoms with Crippen LogP contribution in [0.25, 0.3) is 11.2 Å². The van der Waals surface area contributed by atoms with E-state index in [2.05, 4.69) is 43.8 Å². The van der Waals surface area contributed by atoms with Crippen molar-refractivity contribution in [1.82, 2.24) is 24.8 Å². The second-order valence-electron chi connectivity index (χ2n) is 5.61. The molecule has 0 radical (unpaired) electrons. The molecule has 1 N–H and O–H groups in total. The molecular formula is C13H19ClN6. The lowest BCUT2D eigenvalue weighted by atomic mass is 9.96. The van der Waals surface area contributed by atoms with Gasteiger partial charge in [0.1, 0.15) is 5.52 Å². The molecule has 0 atom stereocenters. The maximum Gasteiger partial charge on any atom is 0.226 e. The molecule has 0 aliphatic carbocycles. The van der Waals surface area contributed by atoms with Crippen LogP contribution in [0.5, 0.6) is 0 Å².